The Balaban J connectivity index is 0.000000583. The standard InChI is InChI=1S/C24BF20.C8H11OS/c26-5-1(6(27)14(35)21(42)13(5)34)25(2-7(28)15(36)22(43)16(37)8(2)29,3-9(30)17(38)23(44)18(39)10(3)31)4-11(32)19(40)24(45)20(41)12(4)33;1-10(2)9-8-6-4-3-5-7-8/h;3-7H,1-2H3/q-1;+1. The molecule has 5 rings (SSSR count). The van der Waals surface area contributed by atoms with Crippen LogP contribution in [0.4, 0.5) is 87.8 Å². The summed E-state index contributed by atoms with van der Waals surface area (Å²) >= 11 is 0.0335. The van der Waals surface area contributed by atoms with E-state index in [4.69, 9.17) is 4.18 Å². The van der Waals surface area contributed by atoms with Gasteiger partial charge < -0.3 is 0 Å². The van der Waals surface area contributed by atoms with Crippen LogP contribution in [-0.4, -0.2) is 18.7 Å². The first kappa shape index (κ1) is 42.7. The van der Waals surface area contributed by atoms with Gasteiger partial charge in [-0.25, -0.2) is 87.8 Å². The van der Waals surface area contributed by atoms with Crippen molar-refractivity contribution < 1.29 is 92.0 Å². The maximum atomic E-state index is 15.4. The van der Waals surface area contributed by atoms with Crippen molar-refractivity contribution in [3.05, 3.63) is 147 Å². The topological polar surface area (TPSA) is 9.23 Å². The summed E-state index contributed by atoms with van der Waals surface area (Å²) in [7, 11) is 0. The zero-order valence-electron chi connectivity index (χ0n) is 26.3. The molecule has 0 heterocycles. The Labute approximate surface area is 296 Å². The van der Waals surface area contributed by atoms with Crippen LogP contribution in [-0.2, 0) is 11.2 Å². The van der Waals surface area contributed by atoms with Crippen molar-refractivity contribution >= 4 is 39.2 Å². The van der Waals surface area contributed by atoms with Crippen LogP contribution in [0.1, 0.15) is 0 Å². The average molecular weight is 834 g/mol. The fourth-order valence-electron chi connectivity index (χ4n) is 5.54. The minimum absolute atomic E-state index is 0.0335. The van der Waals surface area contributed by atoms with Crippen molar-refractivity contribution in [1.29, 1.82) is 0 Å². The van der Waals surface area contributed by atoms with Crippen LogP contribution in [0.15, 0.2) is 30.3 Å². The molecule has 0 N–H and O–H groups in total. The fraction of sp³-hybridized carbons (Fsp3) is 0.0625. The molecule has 294 valence electrons. The Hall–Kier alpha value is -5.09. The number of benzene rings is 5. The monoisotopic (exact) mass is 834 g/mol. The first-order valence-electron chi connectivity index (χ1n) is 14.0. The van der Waals surface area contributed by atoms with Gasteiger partial charge in [-0.3, -0.25) is 4.18 Å². The van der Waals surface area contributed by atoms with Crippen LogP contribution in [0.3, 0.4) is 0 Å². The van der Waals surface area contributed by atoms with Crippen LogP contribution in [0.2, 0.25) is 0 Å². The third-order valence-electron chi connectivity index (χ3n) is 7.71. The molecule has 0 aliphatic heterocycles. The zero-order chi connectivity index (χ0) is 41.8. The van der Waals surface area contributed by atoms with Gasteiger partial charge in [-0.1, -0.05) is 18.2 Å². The van der Waals surface area contributed by atoms with E-state index in [1.54, 1.807) is 0 Å². The largest absolute Gasteiger partial charge is 0.287 e. The lowest BCUT2D eigenvalue weighted by Crippen LogP contribution is -2.81. The summed E-state index contributed by atoms with van der Waals surface area (Å²) in [5.74, 6) is -70.5. The highest BCUT2D eigenvalue weighted by molar-refractivity contribution is 7.91. The predicted molar refractivity (Wildman–Crippen MR) is 156 cm³/mol. The summed E-state index contributed by atoms with van der Waals surface area (Å²) in [6.45, 7) is 0. The van der Waals surface area contributed by atoms with Gasteiger partial charge in [0.25, 0.3) is 0 Å². The summed E-state index contributed by atoms with van der Waals surface area (Å²) in [6.07, 6.45) is -3.12. The number of para-hydroxylation sites is 1. The van der Waals surface area contributed by atoms with Crippen LogP contribution in [0.5, 0.6) is 5.75 Å². The van der Waals surface area contributed by atoms with E-state index in [9.17, 15) is 52.7 Å². The van der Waals surface area contributed by atoms with E-state index in [1.165, 1.54) is 0 Å². The molecular formula is C32H11BF20OS. The van der Waals surface area contributed by atoms with Gasteiger partial charge in [0.1, 0.15) is 65.2 Å². The van der Waals surface area contributed by atoms with Crippen molar-refractivity contribution in [3.63, 3.8) is 0 Å². The third kappa shape index (κ3) is 6.68. The van der Waals surface area contributed by atoms with Gasteiger partial charge in [-0.15, -0.1) is 21.9 Å². The summed E-state index contributed by atoms with van der Waals surface area (Å²) in [6, 6.07) is 9.86. The average Bonchev–Trinajstić information content (AvgIpc) is 3.15. The van der Waals surface area contributed by atoms with Crippen molar-refractivity contribution in [2.24, 2.45) is 0 Å². The summed E-state index contributed by atoms with van der Waals surface area (Å²) in [5.41, 5.74) is -14.3. The molecule has 0 radical (unpaired) electrons. The number of halogens is 20. The van der Waals surface area contributed by atoms with Gasteiger partial charge in [0, 0.05) is 0 Å². The van der Waals surface area contributed by atoms with Gasteiger partial charge in [0.2, 0.25) is 0 Å². The van der Waals surface area contributed by atoms with Gasteiger partial charge >= 0.3 is 0 Å². The number of hydrogen-bond acceptors (Lipinski definition) is 1. The minimum Gasteiger partial charge on any atom is -0.287 e. The normalized spacial score (nSPS) is 11.6. The van der Waals surface area contributed by atoms with Gasteiger partial charge in [-0.05, 0) is 12.1 Å². The molecule has 0 saturated carbocycles. The van der Waals surface area contributed by atoms with E-state index < -0.39 is 144 Å². The van der Waals surface area contributed by atoms with Crippen molar-refractivity contribution in [2.75, 3.05) is 12.5 Å². The molecule has 0 atom stereocenters. The fourth-order valence-corrected chi connectivity index (χ4v) is 6.04. The van der Waals surface area contributed by atoms with E-state index >= 15 is 35.1 Å². The molecular weight excluding hydrogens is 823 g/mol. The highest BCUT2D eigenvalue weighted by Crippen LogP contribution is 2.30. The number of hydrogen-bond donors (Lipinski definition) is 0. The van der Waals surface area contributed by atoms with E-state index in [-0.39, 0.29) is 11.2 Å². The van der Waals surface area contributed by atoms with Crippen LogP contribution < -0.4 is 26.0 Å². The molecule has 0 amide bonds. The Morgan fingerprint density at radius 2 is 0.491 bits per heavy atom. The molecule has 0 unspecified atom stereocenters. The summed E-state index contributed by atoms with van der Waals surface area (Å²) in [5, 5.41) is 0. The van der Waals surface area contributed by atoms with Crippen molar-refractivity contribution in [3.8, 4) is 5.75 Å². The molecule has 5 aromatic rings. The lowest BCUT2D eigenvalue weighted by molar-refractivity contribution is 0.378. The van der Waals surface area contributed by atoms with Crippen LogP contribution >= 0.6 is 0 Å². The van der Waals surface area contributed by atoms with Gasteiger partial charge in [0.15, 0.2) is 86.7 Å². The van der Waals surface area contributed by atoms with E-state index in [2.05, 4.69) is 0 Å². The SMILES string of the molecule is C[S+](C)Oc1ccccc1.Fc1c(F)c(F)c([B-](c2c(F)c(F)c(F)c(F)c2F)(c2c(F)c(F)c(F)c(F)c2F)c2c(F)c(F)c(F)c(F)c2F)c(F)c1F. The molecule has 0 saturated heterocycles. The number of rotatable bonds is 6. The van der Waals surface area contributed by atoms with E-state index in [0.29, 0.717) is 0 Å². The highest BCUT2D eigenvalue weighted by Gasteiger charge is 2.52. The Kier molecular flexibility index (Phi) is 12.1. The first-order valence-corrected chi connectivity index (χ1v) is 16.0. The smallest absolute Gasteiger partial charge is 0.200 e. The first-order chi connectivity index (χ1) is 25.5. The van der Waals surface area contributed by atoms with Crippen LogP contribution in [0, 0.1) is 116 Å². The maximum absolute atomic E-state index is 15.4. The quantitative estimate of drug-likeness (QED) is 0.0561. The molecule has 0 bridgehead atoms. The Morgan fingerprint density at radius 3 is 0.673 bits per heavy atom. The van der Waals surface area contributed by atoms with Gasteiger partial charge in [-0.2, -0.15) is 0 Å². The lowest BCUT2D eigenvalue weighted by Gasteiger charge is -2.44. The predicted octanol–water partition coefficient (Wildman–Crippen LogP) is 7.70. The van der Waals surface area contributed by atoms with Crippen molar-refractivity contribution in [1.82, 2.24) is 0 Å². The zero-order valence-corrected chi connectivity index (χ0v) is 27.2. The molecule has 0 fully saturated rings. The molecule has 0 spiro atoms. The lowest BCUT2D eigenvalue weighted by atomic mass is 9.12. The van der Waals surface area contributed by atoms with Crippen molar-refractivity contribution in [2.45, 2.75) is 0 Å². The van der Waals surface area contributed by atoms with Crippen LogP contribution in [0.25, 0.3) is 0 Å². The Bertz CT molecular complexity index is 1950. The molecule has 0 aromatic heterocycles. The summed E-state index contributed by atoms with van der Waals surface area (Å²) in [4.78, 5) is 0. The summed E-state index contributed by atoms with van der Waals surface area (Å²) < 4.78 is 299. The molecule has 5 aromatic carbocycles. The third-order valence-corrected chi connectivity index (χ3v) is 8.24. The van der Waals surface area contributed by atoms with E-state index in [0.717, 1.165) is 5.75 Å². The second-order valence-electron chi connectivity index (χ2n) is 10.9. The molecule has 1 nitrogen and oxygen atoms in total. The molecule has 0 aliphatic carbocycles. The maximum Gasteiger partial charge on any atom is 0.200 e. The molecule has 55 heavy (non-hydrogen) atoms. The molecule has 0 aliphatic rings. The Morgan fingerprint density at radius 1 is 0.309 bits per heavy atom. The second-order valence-corrected chi connectivity index (χ2v) is 12.6. The molecule has 23 heteroatoms. The van der Waals surface area contributed by atoms with Gasteiger partial charge in [0.05, 0.1) is 0 Å². The highest BCUT2D eigenvalue weighted by atomic mass is 32.2. The van der Waals surface area contributed by atoms with E-state index in [1.807, 2.05) is 42.8 Å². The second kappa shape index (κ2) is 15.6. The minimum atomic E-state index is -7.22.